The summed E-state index contributed by atoms with van der Waals surface area (Å²) in [6.07, 6.45) is 2.48. The lowest BCUT2D eigenvalue weighted by atomic mass is 10.2. The number of aromatic nitrogens is 1. The van der Waals surface area contributed by atoms with E-state index < -0.39 is 0 Å². The molecule has 1 aromatic heterocycles. The van der Waals surface area contributed by atoms with E-state index in [1.165, 1.54) is 7.11 Å². The van der Waals surface area contributed by atoms with Gasteiger partial charge in [-0.1, -0.05) is 0 Å². The summed E-state index contributed by atoms with van der Waals surface area (Å²) in [6, 6.07) is 1.78. The molecule has 5 heteroatoms. The van der Waals surface area contributed by atoms with E-state index >= 15 is 0 Å². The van der Waals surface area contributed by atoms with Crippen LogP contribution in [0.3, 0.4) is 0 Å². The Morgan fingerprint density at radius 1 is 1.64 bits per heavy atom. The molecule has 0 bridgehead atoms. The van der Waals surface area contributed by atoms with Crippen LogP contribution in [0.25, 0.3) is 0 Å². The fraction of sp³-hybridized carbons (Fsp3) is 0.333. The zero-order valence-corrected chi connectivity index (χ0v) is 8.56. The van der Waals surface area contributed by atoms with Crippen molar-refractivity contribution in [3.8, 4) is 0 Å². The molecule has 1 aliphatic heterocycles. The highest BCUT2D eigenvalue weighted by atomic mass is 35.5. The number of esters is 1. The Labute approximate surface area is 88.1 Å². The minimum atomic E-state index is -0.344. The number of pyridine rings is 1. The first-order chi connectivity index (χ1) is 6.31. The second-order valence-corrected chi connectivity index (χ2v) is 2.89. The van der Waals surface area contributed by atoms with Crippen LogP contribution in [0.4, 0.5) is 5.69 Å². The van der Waals surface area contributed by atoms with Crippen molar-refractivity contribution in [2.75, 3.05) is 19.0 Å². The molecule has 0 unspecified atom stereocenters. The fourth-order valence-corrected chi connectivity index (χ4v) is 1.39. The third kappa shape index (κ3) is 1.80. The standard InChI is InChI=1S/C9H10N2O2.ClH/c1-13-9(12)6-4-8-7(11-5-6)2-3-10-8;/h4-5,10H,2-3H2,1H3;1H. The van der Waals surface area contributed by atoms with E-state index in [1.54, 1.807) is 12.3 Å². The Hall–Kier alpha value is -1.29. The molecule has 0 aromatic carbocycles. The molecule has 76 valence electrons. The third-order valence-corrected chi connectivity index (χ3v) is 2.07. The van der Waals surface area contributed by atoms with Crippen molar-refractivity contribution in [1.29, 1.82) is 0 Å². The number of rotatable bonds is 1. The molecule has 1 aromatic rings. The van der Waals surface area contributed by atoms with Crippen LogP contribution in [0.1, 0.15) is 16.1 Å². The predicted octanol–water partition coefficient (Wildman–Crippen LogP) is 1.26. The van der Waals surface area contributed by atoms with Gasteiger partial charge >= 0.3 is 5.97 Å². The van der Waals surface area contributed by atoms with Crippen LogP contribution < -0.4 is 5.32 Å². The molecule has 0 aliphatic carbocycles. The number of nitrogens with one attached hydrogen (secondary N) is 1. The first-order valence-corrected chi connectivity index (χ1v) is 4.12. The molecule has 0 saturated heterocycles. The van der Waals surface area contributed by atoms with E-state index in [1.807, 2.05) is 0 Å². The normalized spacial score (nSPS) is 12.4. The van der Waals surface area contributed by atoms with Gasteiger partial charge in [-0.2, -0.15) is 0 Å². The fourth-order valence-electron chi connectivity index (χ4n) is 1.39. The maximum absolute atomic E-state index is 11.1. The Kier molecular flexibility index (Phi) is 3.30. The van der Waals surface area contributed by atoms with Gasteiger partial charge < -0.3 is 10.1 Å². The number of methoxy groups -OCH3 is 1. The number of fused-ring (bicyclic) bond motifs is 1. The van der Waals surface area contributed by atoms with Crippen molar-refractivity contribution >= 4 is 24.1 Å². The molecule has 4 nitrogen and oxygen atoms in total. The zero-order chi connectivity index (χ0) is 9.26. The van der Waals surface area contributed by atoms with Crippen LogP contribution in [-0.2, 0) is 11.2 Å². The Bertz CT molecular complexity index is 355. The average molecular weight is 215 g/mol. The lowest BCUT2D eigenvalue weighted by molar-refractivity contribution is 0.0600. The number of ether oxygens (including phenoxy) is 1. The lowest BCUT2D eigenvalue weighted by Crippen LogP contribution is -2.02. The van der Waals surface area contributed by atoms with Gasteiger partial charge in [0.05, 0.1) is 24.1 Å². The van der Waals surface area contributed by atoms with Crippen molar-refractivity contribution in [2.45, 2.75) is 6.42 Å². The molecule has 0 saturated carbocycles. The van der Waals surface area contributed by atoms with Gasteiger partial charge in [0.1, 0.15) is 0 Å². The zero-order valence-electron chi connectivity index (χ0n) is 7.74. The van der Waals surface area contributed by atoms with Crippen LogP contribution in [0.5, 0.6) is 0 Å². The predicted molar refractivity (Wildman–Crippen MR) is 55.0 cm³/mol. The van der Waals surface area contributed by atoms with Crippen LogP contribution in [-0.4, -0.2) is 24.6 Å². The van der Waals surface area contributed by atoms with Gasteiger partial charge in [-0.05, 0) is 6.07 Å². The molecule has 2 heterocycles. The van der Waals surface area contributed by atoms with Crippen LogP contribution in [0.15, 0.2) is 12.3 Å². The summed E-state index contributed by atoms with van der Waals surface area (Å²) in [5.41, 5.74) is 2.46. The average Bonchev–Trinajstić information content (AvgIpc) is 2.63. The van der Waals surface area contributed by atoms with Crippen molar-refractivity contribution < 1.29 is 9.53 Å². The molecule has 1 aliphatic rings. The minimum absolute atomic E-state index is 0. The van der Waals surface area contributed by atoms with Gasteiger partial charge in [-0.3, -0.25) is 4.98 Å². The summed E-state index contributed by atoms with van der Waals surface area (Å²) < 4.78 is 4.59. The SMILES string of the molecule is COC(=O)c1cnc2c(c1)NCC2.Cl. The molecule has 1 N–H and O–H groups in total. The highest BCUT2D eigenvalue weighted by Crippen LogP contribution is 2.20. The number of hydrogen-bond acceptors (Lipinski definition) is 4. The molecule has 14 heavy (non-hydrogen) atoms. The van der Waals surface area contributed by atoms with Crippen LogP contribution in [0.2, 0.25) is 0 Å². The third-order valence-electron chi connectivity index (χ3n) is 2.07. The van der Waals surface area contributed by atoms with Gasteiger partial charge in [0.2, 0.25) is 0 Å². The van der Waals surface area contributed by atoms with Gasteiger partial charge in [0.15, 0.2) is 0 Å². The second kappa shape index (κ2) is 4.28. The summed E-state index contributed by atoms with van der Waals surface area (Å²) in [5.74, 6) is -0.344. The summed E-state index contributed by atoms with van der Waals surface area (Å²) in [6.45, 7) is 0.896. The quantitative estimate of drug-likeness (QED) is 0.716. The van der Waals surface area contributed by atoms with Crippen LogP contribution >= 0.6 is 12.4 Å². The Morgan fingerprint density at radius 2 is 2.43 bits per heavy atom. The topological polar surface area (TPSA) is 51.2 Å². The van der Waals surface area contributed by atoms with Gasteiger partial charge in [-0.15, -0.1) is 12.4 Å². The van der Waals surface area contributed by atoms with Crippen molar-refractivity contribution in [1.82, 2.24) is 4.98 Å². The molecule has 2 rings (SSSR count). The summed E-state index contributed by atoms with van der Waals surface area (Å²) >= 11 is 0. The van der Waals surface area contributed by atoms with E-state index in [0.29, 0.717) is 5.56 Å². The van der Waals surface area contributed by atoms with E-state index in [0.717, 1.165) is 24.3 Å². The number of carbonyl (C=O) groups excluding carboxylic acids is 1. The number of carbonyl (C=O) groups is 1. The number of anilines is 1. The summed E-state index contributed by atoms with van der Waals surface area (Å²) in [7, 11) is 1.36. The highest BCUT2D eigenvalue weighted by Gasteiger charge is 2.14. The minimum Gasteiger partial charge on any atom is -0.465 e. The van der Waals surface area contributed by atoms with E-state index in [4.69, 9.17) is 0 Å². The van der Waals surface area contributed by atoms with E-state index in [-0.39, 0.29) is 18.4 Å². The molecular formula is C9H11ClN2O2. The lowest BCUT2D eigenvalue weighted by Gasteiger charge is -2.01. The van der Waals surface area contributed by atoms with Gasteiger partial charge in [0, 0.05) is 19.2 Å². The maximum atomic E-state index is 11.1. The monoisotopic (exact) mass is 214 g/mol. The van der Waals surface area contributed by atoms with E-state index in [9.17, 15) is 4.79 Å². The van der Waals surface area contributed by atoms with Gasteiger partial charge in [-0.25, -0.2) is 4.79 Å². The smallest absolute Gasteiger partial charge is 0.339 e. The van der Waals surface area contributed by atoms with Crippen molar-refractivity contribution in [3.63, 3.8) is 0 Å². The summed E-state index contributed by atoms with van der Waals surface area (Å²) in [4.78, 5) is 15.3. The van der Waals surface area contributed by atoms with Crippen molar-refractivity contribution in [3.05, 3.63) is 23.5 Å². The number of halogens is 1. The molecule has 0 atom stereocenters. The number of nitrogens with zero attached hydrogens (tertiary/aromatic N) is 1. The van der Waals surface area contributed by atoms with Crippen LogP contribution in [0, 0.1) is 0 Å². The Morgan fingerprint density at radius 3 is 3.14 bits per heavy atom. The second-order valence-electron chi connectivity index (χ2n) is 2.89. The number of hydrogen-bond donors (Lipinski definition) is 1. The molecule has 0 fully saturated rings. The van der Waals surface area contributed by atoms with E-state index in [2.05, 4.69) is 15.0 Å². The molecule has 0 radical (unpaired) electrons. The van der Waals surface area contributed by atoms with Crippen molar-refractivity contribution in [2.24, 2.45) is 0 Å². The molecule has 0 spiro atoms. The molecule has 0 amide bonds. The Balaban J connectivity index is 0.000000980. The first-order valence-electron chi connectivity index (χ1n) is 4.12. The van der Waals surface area contributed by atoms with Gasteiger partial charge in [0.25, 0.3) is 0 Å². The summed E-state index contributed by atoms with van der Waals surface area (Å²) in [5, 5.41) is 3.15. The largest absolute Gasteiger partial charge is 0.465 e. The highest BCUT2D eigenvalue weighted by molar-refractivity contribution is 5.90. The first kappa shape index (κ1) is 10.8. The molecular weight excluding hydrogens is 204 g/mol. The maximum Gasteiger partial charge on any atom is 0.339 e.